The maximum Gasteiger partial charge on any atom is 0.421 e. The highest BCUT2D eigenvalue weighted by molar-refractivity contribution is 6.34. The van der Waals surface area contributed by atoms with Gasteiger partial charge < -0.3 is 9.47 Å². The van der Waals surface area contributed by atoms with Crippen molar-refractivity contribution in [1.29, 1.82) is 0 Å². The van der Waals surface area contributed by atoms with Crippen LogP contribution in [0.3, 0.4) is 0 Å². The van der Waals surface area contributed by atoms with Gasteiger partial charge in [0.05, 0.1) is 5.69 Å². The van der Waals surface area contributed by atoms with Crippen molar-refractivity contribution in [3.8, 4) is 17.4 Å². The molecule has 4 rings (SSSR count). The number of anilines is 1. The number of hydrogen-bond acceptors (Lipinski definition) is 6. The topological polar surface area (TPSA) is 77.4 Å². The first-order valence-electron chi connectivity index (χ1n) is 11.4. The summed E-state index contributed by atoms with van der Waals surface area (Å²) >= 11 is 6.53. The molecule has 0 N–H and O–H groups in total. The van der Waals surface area contributed by atoms with Crippen LogP contribution in [0.2, 0.25) is 5.02 Å². The minimum atomic E-state index is -0.591. The van der Waals surface area contributed by atoms with Gasteiger partial charge in [-0.05, 0) is 48.7 Å². The third-order valence-corrected chi connectivity index (χ3v) is 5.71. The molecular formula is C27H24ClFN4O3. The van der Waals surface area contributed by atoms with Crippen LogP contribution in [0.4, 0.5) is 15.0 Å². The number of ether oxygens (including phenoxy) is 2. The van der Waals surface area contributed by atoms with Gasteiger partial charge in [-0.15, -0.1) is 0 Å². The fourth-order valence-electron chi connectivity index (χ4n) is 3.39. The quantitative estimate of drug-likeness (QED) is 0.254. The zero-order valence-corrected chi connectivity index (χ0v) is 20.4. The van der Waals surface area contributed by atoms with Gasteiger partial charge in [0.2, 0.25) is 5.88 Å². The Morgan fingerprint density at radius 2 is 1.69 bits per heavy atom. The number of benzene rings is 2. The van der Waals surface area contributed by atoms with E-state index in [0.717, 1.165) is 5.56 Å². The van der Waals surface area contributed by atoms with Crippen LogP contribution < -0.4 is 14.4 Å². The third-order valence-electron chi connectivity index (χ3n) is 5.32. The van der Waals surface area contributed by atoms with Crippen molar-refractivity contribution in [3.63, 3.8) is 0 Å². The molecule has 9 heteroatoms. The van der Waals surface area contributed by atoms with Crippen LogP contribution in [0, 0.1) is 0 Å². The average Bonchev–Trinajstić information content (AvgIpc) is 2.91. The molecule has 4 aromatic rings. The lowest BCUT2D eigenvalue weighted by Gasteiger charge is -2.22. The monoisotopic (exact) mass is 506 g/mol. The third kappa shape index (κ3) is 6.34. The van der Waals surface area contributed by atoms with E-state index in [0.29, 0.717) is 52.3 Å². The van der Waals surface area contributed by atoms with E-state index in [1.165, 1.54) is 17.4 Å². The lowest BCUT2D eigenvalue weighted by atomic mass is 10.1. The highest BCUT2D eigenvalue weighted by atomic mass is 35.5. The number of rotatable bonds is 9. The molecule has 7 nitrogen and oxygen atoms in total. The van der Waals surface area contributed by atoms with E-state index in [1.54, 1.807) is 48.5 Å². The Kier molecular flexibility index (Phi) is 8.41. The first-order valence-corrected chi connectivity index (χ1v) is 11.8. The summed E-state index contributed by atoms with van der Waals surface area (Å²) in [7, 11) is 0. The molecule has 2 aromatic carbocycles. The molecule has 2 aromatic heterocycles. The molecule has 0 aliphatic carbocycles. The molecule has 0 spiro atoms. The van der Waals surface area contributed by atoms with Crippen LogP contribution in [-0.2, 0) is 19.5 Å². The normalized spacial score (nSPS) is 10.6. The number of pyridine rings is 1. The van der Waals surface area contributed by atoms with Gasteiger partial charge >= 0.3 is 6.09 Å². The van der Waals surface area contributed by atoms with E-state index in [-0.39, 0.29) is 6.54 Å². The van der Waals surface area contributed by atoms with Crippen LogP contribution in [0.1, 0.15) is 23.7 Å². The number of aryl methyl sites for hydroxylation is 1. The second-order valence-electron chi connectivity index (χ2n) is 7.78. The Balaban J connectivity index is 1.48. The molecule has 0 radical (unpaired) electrons. The largest absolute Gasteiger partial charge is 0.439 e. The maximum absolute atomic E-state index is 13.1. The molecule has 0 aliphatic rings. The molecule has 0 unspecified atom stereocenters. The molecule has 0 atom stereocenters. The van der Waals surface area contributed by atoms with E-state index in [1.807, 2.05) is 25.1 Å². The first-order chi connectivity index (χ1) is 17.6. The van der Waals surface area contributed by atoms with Gasteiger partial charge in [-0.25, -0.2) is 24.1 Å². The smallest absolute Gasteiger partial charge is 0.421 e. The minimum Gasteiger partial charge on any atom is -0.439 e. The lowest BCUT2D eigenvalue weighted by Crippen LogP contribution is -2.36. The fraction of sp³-hybridized carbons (Fsp3) is 0.185. The van der Waals surface area contributed by atoms with Crippen LogP contribution in [0.5, 0.6) is 17.4 Å². The fourth-order valence-corrected chi connectivity index (χ4v) is 3.73. The molecule has 0 aliphatic heterocycles. The number of carbonyl (C=O) groups is 1. The number of alkyl halides is 1. The van der Waals surface area contributed by atoms with E-state index in [4.69, 9.17) is 21.1 Å². The second kappa shape index (κ2) is 12.1. The SMILES string of the molecule is CCc1ncnc(N(CCc2ccc(Oc3ccc(CF)cn3)cc2)C(=O)Oc2ccccc2)c1Cl. The number of halogens is 2. The number of para-hydroxylation sites is 1. The predicted octanol–water partition coefficient (Wildman–Crippen LogP) is 6.60. The summed E-state index contributed by atoms with van der Waals surface area (Å²) in [5.74, 6) is 1.68. The molecular weight excluding hydrogens is 483 g/mol. The predicted molar refractivity (Wildman–Crippen MR) is 136 cm³/mol. The Labute approximate surface area is 213 Å². The first kappa shape index (κ1) is 25.1. The van der Waals surface area contributed by atoms with E-state index >= 15 is 0 Å². The molecule has 0 bridgehead atoms. The molecule has 2 heterocycles. The maximum atomic E-state index is 13.1. The van der Waals surface area contributed by atoms with Crippen molar-refractivity contribution >= 4 is 23.5 Å². The van der Waals surface area contributed by atoms with Gasteiger partial charge in [-0.3, -0.25) is 4.90 Å². The Hall–Kier alpha value is -4.04. The van der Waals surface area contributed by atoms with Gasteiger partial charge in [0.25, 0.3) is 0 Å². The Bertz CT molecular complexity index is 1290. The molecule has 0 fully saturated rings. The Morgan fingerprint density at radius 3 is 2.36 bits per heavy atom. The lowest BCUT2D eigenvalue weighted by molar-refractivity contribution is 0.207. The van der Waals surface area contributed by atoms with E-state index in [9.17, 15) is 9.18 Å². The van der Waals surface area contributed by atoms with Crippen molar-refractivity contribution < 1.29 is 18.7 Å². The summed E-state index contributed by atoms with van der Waals surface area (Å²) in [5.41, 5.74) is 2.10. The average molecular weight is 507 g/mol. The highest BCUT2D eigenvalue weighted by Gasteiger charge is 2.23. The van der Waals surface area contributed by atoms with Crippen LogP contribution in [0.25, 0.3) is 0 Å². The summed E-state index contributed by atoms with van der Waals surface area (Å²) in [6.45, 7) is 1.63. The zero-order valence-electron chi connectivity index (χ0n) is 19.6. The van der Waals surface area contributed by atoms with E-state index < -0.39 is 12.8 Å². The van der Waals surface area contributed by atoms with E-state index in [2.05, 4.69) is 15.0 Å². The molecule has 0 saturated heterocycles. The van der Waals surface area contributed by atoms with Crippen LogP contribution in [-0.4, -0.2) is 27.6 Å². The van der Waals surface area contributed by atoms with Crippen LogP contribution >= 0.6 is 11.6 Å². The summed E-state index contributed by atoms with van der Waals surface area (Å²) in [6.07, 6.45) is 3.35. The van der Waals surface area contributed by atoms with Gasteiger partial charge in [0, 0.05) is 24.4 Å². The van der Waals surface area contributed by atoms with Crippen LogP contribution in [0.15, 0.2) is 79.3 Å². The van der Waals surface area contributed by atoms with Crippen molar-refractivity contribution in [2.45, 2.75) is 26.4 Å². The molecule has 184 valence electrons. The second-order valence-corrected chi connectivity index (χ2v) is 8.16. The number of amides is 1. The van der Waals surface area contributed by atoms with Crippen molar-refractivity contribution in [3.05, 3.63) is 101 Å². The molecule has 36 heavy (non-hydrogen) atoms. The molecule has 1 amide bonds. The molecule has 0 saturated carbocycles. The number of aromatic nitrogens is 3. The number of nitrogens with zero attached hydrogens (tertiary/aromatic N) is 4. The van der Waals surface area contributed by atoms with Gasteiger partial charge in [0.1, 0.15) is 29.5 Å². The number of hydrogen-bond donors (Lipinski definition) is 0. The number of carbonyl (C=O) groups excluding carboxylic acids is 1. The van der Waals surface area contributed by atoms with Gasteiger partial charge in [-0.1, -0.05) is 48.9 Å². The highest BCUT2D eigenvalue weighted by Crippen LogP contribution is 2.27. The van der Waals surface area contributed by atoms with Crippen molar-refractivity contribution in [2.24, 2.45) is 0 Å². The standard InChI is InChI=1S/C27H24ClFN4O3/c1-2-23-25(28)26(32-18-31-23)33(27(34)36-21-6-4-3-5-7-21)15-14-19-8-11-22(12-9-19)35-24-13-10-20(16-29)17-30-24/h3-13,17-18H,2,14-16H2,1H3. The minimum absolute atomic E-state index is 0.276. The van der Waals surface area contributed by atoms with Gasteiger partial charge in [-0.2, -0.15) is 0 Å². The summed E-state index contributed by atoms with van der Waals surface area (Å²) in [6, 6.07) is 19.5. The summed E-state index contributed by atoms with van der Waals surface area (Å²) in [5, 5.41) is 0.319. The summed E-state index contributed by atoms with van der Waals surface area (Å²) in [4.78, 5) is 27.1. The van der Waals surface area contributed by atoms with Gasteiger partial charge in [0.15, 0.2) is 5.82 Å². The van der Waals surface area contributed by atoms with Crippen molar-refractivity contribution in [2.75, 3.05) is 11.4 Å². The zero-order chi connectivity index (χ0) is 25.3. The summed E-state index contributed by atoms with van der Waals surface area (Å²) < 4.78 is 23.9. The Morgan fingerprint density at radius 1 is 0.944 bits per heavy atom. The van der Waals surface area contributed by atoms with Crippen molar-refractivity contribution in [1.82, 2.24) is 15.0 Å².